The Kier molecular flexibility index (Phi) is 5.69. The van der Waals surface area contributed by atoms with E-state index in [9.17, 15) is 19.1 Å². The van der Waals surface area contributed by atoms with Crippen LogP contribution in [0.4, 0.5) is 10.1 Å². The summed E-state index contributed by atoms with van der Waals surface area (Å²) in [5.74, 6) is -2.38. The van der Waals surface area contributed by atoms with Crippen LogP contribution in [0.3, 0.4) is 0 Å². The van der Waals surface area contributed by atoms with Crippen LogP contribution in [0.2, 0.25) is 5.02 Å². The predicted octanol–water partition coefficient (Wildman–Crippen LogP) is 5.73. The van der Waals surface area contributed by atoms with Crippen LogP contribution in [0.25, 0.3) is 0 Å². The van der Waals surface area contributed by atoms with Crippen molar-refractivity contribution in [1.82, 2.24) is 5.01 Å². The molecule has 0 unspecified atom stereocenters. The number of hydrogen-bond donors (Lipinski definition) is 2. The molecule has 3 atom stereocenters. The fourth-order valence-corrected chi connectivity index (χ4v) is 5.46. The lowest BCUT2D eigenvalue weighted by molar-refractivity contribution is -0.138. The fraction of sp³-hybridized carbons (Fsp3) is 0.143. The Balaban J connectivity index is 1.72. The maximum atomic E-state index is 14.4. The number of rotatable bonds is 5. The van der Waals surface area contributed by atoms with Gasteiger partial charge in [0, 0.05) is 10.9 Å². The third-order valence-corrected chi connectivity index (χ3v) is 7.12. The van der Waals surface area contributed by atoms with Gasteiger partial charge in [-0.2, -0.15) is 5.01 Å². The number of anilines is 1. The Hall–Kier alpha value is -3.90. The molecule has 1 aliphatic heterocycles. The second kappa shape index (κ2) is 8.71. The lowest BCUT2D eigenvalue weighted by atomic mass is 9.56. The second-order valence-corrected chi connectivity index (χ2v) is 9.13. The lowest BCUT2D eigenvalue weighted by Gasteiger charge is -2.43. The molecule has 0 saturated carbocycles. The van der Waals surface area contributed by atoms with Gasteiger partial charge in [0.15, 0.2) is 0 Å². The van der Waals surface area contributed by atoms with Crippen molar-refractivity contribution >= 4 is 29.1 Å². The summed E-state index contributed by atoms with van der Waals surface area (Å²) in [6.45, 7) is 3.97. The number of benzene rings is 3. The molecule has 176 valence electrons. The first-order valence-corrected chi connectivity index (χ1v) is 11.5. The average Bonchev–Trinajstić information content (AvgIpc) is 3.08. The molecule has 1 aliphatic carbocycles. The molecular formula is C28H22ClFN2O3. The van der Waals surface area contributed by atoms with Gasteiger partial charge in [-0.25, -0.2) is 4.39 Å². The number of allylic oxidation sites excluding steroid dienone is 3. The molecule has 2 N–H and O–H groups in total. The van der Waals surface area contributed by atoms with Gasteiger partial charge in [0.2, 0.25) is 0 Å². The van der Waals surface area contributed by atoms with Crippen molar-refractivity contribution in [3.05, 3.63) is 119 Å². The zero-order valence-electron chi connectivity index (χ0n) is 18.6. The minimum atomic E-state index is -1.29. The van der Waals surface area contributed by atoms with Crippen LogP contribution in [-0.2, 0) is 15.0 Å². The molecule has 1 fully saturated rings. The summed E-state index contributed by atoms with van der Waals surface area (Å²) in [6.07, 6.45) is 3.99. The van der Waals surface area contributed by atoms with E-state index in [1.54, 1.807) is 54.6 Å². The van der Waals surface area contributed by atoms with Crippen molar-refractivity contribution in [3.63, 3.8) is 0 Å². The molecule has 5 nitrogen and oxygen atoms in total. The van der Waals surface area contributed by atoms with E-state index < -0.39 is 29.0 Å². The number of nitrogens with zero attached hydrogens (tertiary/aromatic N) is 1. The van der Waals surface area contributed by atoms with Gasteiger partial charge in [-0.15, -0.1) is 0 Å². The third kappa shape index (κ3) is 3.61. The van der Waals surface area contributed by atoms with E-state index in [2.05, 4.69) is 12.0 Å². The summed E-state index contributed by atoms with van der Waals surface area (Å²) < 4.78 is 13.4. The number of halogens is 2. The first kappa shape index (κ1) is 22.9. The number of amides is 2. The maximum absolute atomic E-state index is 14.4. The van der Waals surface area contributed by atoms with Crippen molar-refractivity contribution < 1.29 is 19.1 Å². The minimum Gasteiger partial charge on any atom is -0.508 e. The molecule has 35 heavy (non-hydrogen) atoms. The van der Waals surface area contributed by atoms with E-state index in [4.69, 9.17) is 11.6 Å². The Labute approximate surface area is 207 Å². The zero-order chi connectivity index (χ0) is 24.7. The molecule has 7 heteroatoms. The molecule has 5 rings (SSSR count). The molecular weight excluding hydrogens is 467 g/mol. The minimum absolute atomic E-state index is 0.0965. The van der Waals surface area contributed by atoms with Crippen molar-refractivity contribution in [2.75, 3.05) is 5.43 Å². The fourth-order valence-electron chi connectivity index (χ4n) is 5.33. The highest BCUT2D eigenvalue weighted by molar-refractivity contribution is 6.30. The standard InChI is InChI=1S/C28H22ClFN2O3/c1-2-17-5-16-24-26(34)32(31-22-12-10-21(30)11-13-22)27(35)28(24,19-6-8-20(29)9-7-19)25(17)18-3-14-23(33)15-4-18/h2-15,24-25,31,33H,1,16H2/t24-,25+,28+/m0/s1. The van der Waals surface area contributed by atoms with Crippen LogP contribution in [0.15, 0.2) is 97.1 Å². The van der Waals surface area contributed by atoms with Gasteiger partial charge in [-0.05, 0) is 71.7 Å². The number of aromatic hydroxyl groups is 1. The number of hydrazine groups is 1. The largest absolute Gasteiger partial charge is 0.508 e. The quantitative estimate of drug-likeness (QED) is 0.450. The first-order chi connectivity index (χ1) is 16.9. The highest BCUT2D eigenvalue weighted by Crippen LogP contribution is 2.57. The van der Waals surface area contributed by atoms with Gasteiger partial charge in [0.1, 0.15) is 11.6 Å². The smallest absolute Gasteiger partial charge is 0.260 e. The van der Waals surface area contributed by atoms with E-state index >= 15 is 0 Å². The monoisotopic (exact) mass is 488 g/mol. The third-order valence-electron chi connectivity index (χ3n) is 6.87. The summed E-state index contributed by atoms with van der Waals surface area (Å²) in [5.41, 5.74) is 4.25. The Bertz CT molecular complexity index is 1340. The Morgan fingerprint density at radius 2 is 1.69 bits per heavy atom. The number of phenolic OH excluding ortho intramolecular Hbond substituents is 1. The molecule has 2 aliphatic rings. The Morgan fingerprint density at radius 3 is 2.31 bits per heavy atom. The van der Waals surface area contributed by atoms with E-state index in [-0.39, 0.29) is 11.7 Å². The molecule has 2 amide bonds. The van der Waals surface area contributed by atoms with Crippen LogP contribution < -0.4 is 5.43 Å². The summed E-state index contributed by atoms with van der Waals surface area (Å²) >= 11 is 6.17. The molecule has 0 aromatic heterocycles. The van der Waals surface area contributed by atoms with E-state index in [0.29, 0.717) is 22.7 Å². The van der Waals surface area contributed by atoms with Gasteiger partial charge >= 0.3 is 0 Å². The lowest BCUT2D eigenvalue weighted by Crippen LogP contribution is -2.48. The highest BCUT2D eigenvalue weighted by Gasteiger charge is 2.65. The molecule has 3 aromatic carbocycles. The maximum Gasteiger partial charge on any atom is 0.260 e. The normalized spacial score (nSPS) is 23.6. The van der Waals surface area contributed by atoms with Crippen molar-refractivity contribution in [3.8, 4) is 5.75 Å². The molecule has 0 bridgehead atoms. The topological polar surface area (TPSA) is 69.6 Å². The summed E-state index contributed by atoms with van der Waals surface area (Å²) in [7, 11) is 0. The van der Waals surface area contributed by atoms with Gasteiger partial charge in [-0.1, -0.05) is 54.6 Å². The van der Waals surface area contributed by atoms with E-state index in [1.807, 2.05) is 6.08 Å². The van der Waals surface area contributed by atoms with Crippen LogP contribution in [0.5, 0.6) is 5.75 Å². The van der Waals surface area contributed by atoms with Gasteiger partial charge in [0.05, 0.1) is 17.0 Å². The Morgan fingerprint density at radius 1 is 1.03 bits per heavy atom. The van der Waals surface area contributed by atoms with Crippen molar-refractivity contribution in [1.29, 1.82) is 0 Å². The molecule has 3 aromatic rings. The molecule has 0 spiro atoms. The second-order valence-electron chi connectivity index (χ2n) is 8.69. The number of nitrogens with one attached hydrogen (secondary N) is 1. The molecule has 1 heterocycles. The van der Waals surface area contributed by atoms with Gasteiger partial charge in [-0.3, -0.25) is 15.0 Å². The molecule has 1 saturated heterocycles. The van der Waals surface area contributed by atoms with Crippen molar-refractivity contribution in [2.24, 2.45) is 5.92 Å². The number of hydrogen-bond acceptors (Lipinski definition) is 4. The van der Waals surface area contributed by atoms with Gasteiger partial charge < -0.3 is 5.11 Å². The van der Waals surface area contributed by atoms with Crippen LogP contribution in [-0.4, -0.2) is 21.9 Å². The predicted molar refractivity (Wildman–Crippen MR) is 132 cm³/mol. The number of phenols is 1. The van der Waals surface area contributed by atoms with Crippen LogP contribution >= 0.6 is 11.6 Å². The summed E-state index contributed by atoms with van der Waals surface area (Å²) in [4.78, 5) is 28.1. The van der Waals surface area contributed by atoms with Crippen LogP contribution in [0.1, 0.15) is 23.5 Å². The number of fused-ring (bicyclic) bond motifs is 1. The zero-order valence-corrected chi connectivity index (χ0v) is 19.4. The average molecular weight is 489 g/mol. The van der Waals surface area contributed by atoms with Gasteiger partial charge in [0.25, 0.3) is 11.8 Å². The van der Waals surface area contributed by atoms with E-state index in [0.717, 1.165) is 16.1 Å². The van der Waals surface area contributed by atoms with E-state index in [1.165, 1.54) is 24.3 Å². The number of imide groups is 1. The van der Waals surface area contributed by atoms with Crippen LogP contribution in [0, 0.1) is 11.7 Å². The first-order valence-electron chi connectivity index (χ1n) is 11.1. The SMILES string of the molecule is C=CC1=CC[C@H]2C(=O)N(Nc3ccc(F)cc3)C(=O)[C@@]2(c2ccc(Cl)cc2)[C@H]1c1ccc(O)cc1. The number of carbonyl (C=O) groups excluding carboxylic acids is 2. The van der Waals surface area contributed by atoms with Crippen molar-refractivity contribution in [2.45, 2.75) is 17.8 Å². The number of carbonyl (C=O) groups is 2. The summed E-state index contributed by atoms with van der Waals surface area (Å²) in [5, 5.41) is 11.4. The summed E-state index contributed by atoms with van der Waals surface area (Å²) in [6, 6.07) is 19.1. The molecule has 0 radical (unpaired) electrons. The highest BCUT2D eigenvalue weighted by atomic mass is 35.5.